The second-order valence-corrected chi connectivity index (χ2v) is 9.09. The molecule has 2 aliphatic rings. The van der Waals surface area contributed by atoms with E-state index in [1.807, 2.05) is 6.92 Å². The molecule has 5 rings (SSSR count). The Bertz CT molecular complexity index is 1180. The normalized spacial score (nSPS) is 23.1. The number of aryl methyl sites for hydroxylation is 1. The zero-order valence-corrected chi connectivity index (χ0v) is 18.3. The number of carbonyl (C=O) groups is 1. The van der Waals surface area contributed by atoms with Crippen LogP contribution >= 0.6 is 0 Å². The highest BCUT2D eigenvalue weighted by molar-refractivity contribution is 5.92. The van der Waals surface area contributed by atoms with Gasteiger partial charge in [-0.05, 0) is 56.1 Å². The number of hydrogen-bond acceptors (Lipinski definition) is 5. The van der Waals surface area contributed by atoms with Crippen LogP contribution in [0.4, 0.5) is 13.2 Å². The number of amides is 1. The predicted octanol–water partition coefficient (Wildman–Crippen LogP) is 3.64. The van der Waals surface area contributed by atoms with Gasteiger partial charge in [0.05, 0.1) is 11.9 Å². The van der Waals surface area contributed by atoms with E-state index in [1.54, 1.807) is 13.2 Å². The summed E-state index contributed by atoms with van der Waals surface area (Å²) < 4.78 is 43.0. The zero-order valence-electron chi connectivity index (χ0n) is 18.3. The SMILES string of the molecule is C[C@H](NC(=O)c1ccn(-c2nc(-c3cnn(C)c3)cc(C(F)(F)F)n2)n1)[C@H]1C[C@@H]2CC[C@@H]1C2. The molecule has 0 unspecified atom stereocenters. The standard InChI is InChI=1S/C22H24F3N7O/c1-12(16-8-13-3-4-14(16)7-13)27-20(33)17-5-6-32(30-17)21-28-18(15-10-26-31(2)11-15)9-19(29-21)22(23,24)25/h5-6,9-14,16H,3-4,7-8H2,1-2H3,(H,27,33)/t12-,13+,14+,16+/m0/s1. The molecule has 4 atom stereocenters. The van der Waals surface area contributed by atoms with Gasteiger partial charge in [-0.25, -0.2) is 14.6 Å². The molecule has 0 saturated heterocycles. The Labute approximate surface area is 188 Å². The van der Waals surface area contributed by atoms with Crippen LogP contribution in [-0.2, 0) is 13.2 Å². The van der Waals surface area contributed by atoms with Crippen molar-refractivity contribution in [2.75, 3.05) is 0 Å². The lowest BCUT2D eigenvalue weighted by molar-refractivity contribution is -0.141. The van der Waals surface area contributed by atoms with Gasteiger partial charge in [0.25, 0.3) is 11.9 Å². The van der Waals surface area contributed by atoms with Crippen LogP contribution in [0.1, 0.15) is 48.8 Å². The molecule has 2 fully saturated rings. The fraction of sp³-hybridized carbons (Fsp3) is 0.500. The summed E-state index contributed by atoms with van der Waals surface area (Å²) in [6.45, 7) is 2.01. The van der Waals surface area contributed by atoms with Crippen LogP contribution in [0.2, 0.25) is 0 Å². The summed E-state index contributed by atoms with van der Waals surface area (Å²) in [6, 6.07) is 2.34. The lowest BCUT2D eigenvalue weighted by atomic mass is 9.84. The van der Waals surface area contributed by atoms with Gasteiger partial charge in [-0.1, -0.05) is 6.42 Å². The largest absolute Gasteiger partial charge is 0.433 e. The summed E-state index contributed by atoms with van der Waals surface area (Å²) >= 11 is 0. The monoisotopic (exact) mass is 459 g/mol. The van der Waals surface area contributed by atoms with Crippen molar-refractivity contribution in [1.29, 1.82) is 0 Å². The van der Waals surface area contributed by atoms with Crippen molar-refractivity contribution >= 4 is 5.91 Å². The van der Waals surface area contributed by atoms with Crippen LogP contribution < -0.4 is 5.32 Å². The second-order valence-electron chi connectivity index (χ2n) is 9.09. The molecule has 2 aliphatic carbocycles. The molecule has 0 aromatic carbocycles. The van der Waals surface area contributed by atoms with Crippen molar-refractivity contribution in [3.05, 3.63) is 42.1 Å². The molecule has 11 heteroatoms. The van der Waals surface area contributed by atoms with E-state index < -0.39 is 11.9 Å². The maximum absolute atomic E-state index is 13.5. The Kier molecular flexibility index (Phi) is 5.21. The van der Waals surface area contributed by atoms with Crippen LogP contribution in [0.3, 0.4) is 0 Å². The van der Waals surface area contributed by atoms with Gasteiger partial charge >= 0.3 is 6.18 Å². The Morgan fingerprint density at radius 2 is 2.06 bits per heavy atom. The highest BCUT2D eigenvalue weighted by Gasteiger charge is 2.42. The van der Waals surface area contributed by atoms with Gasteiger partial charge in [0.15, 0.2) is 11.4 Å². The first-order valence-corrected chi connectivity index (χ1v) is 11.0. The zero-order chi connectivity index (χ0) is 23.3. The fourth-order valence-corrected chi connectivity index (χ4v) is 5.23. The van der Waals surface area contributed by atoms with E-state index >= 15 is 0 Å². The van der Waals surface area contributed by atoms with Gasteiger partial charge in [-0.15, -0.1) is 0 Å². The molecule has 1 N–H and O–H groups in total. The summed E-state index contributed by atoms with van der Waals surface area (Å²) in [6.07, 6.45) is 4.58. The van der Waals surface area contributed by atoms with Crippen LogP contribution in [0.5, 0.6) is 0 Å². The van der Waals surface area contributed by atoms with Gasteiger partial charge in [-0.3, -0.25) is 9.48 Å². The molecule has 33 heavy (non-hydrogen) atoms. The number of halogens is 3. The first kappa shape index (κ1) is 21.6. The molecular weight excluding hydrogens is 435 g/mol. The van der Waals surface area contributed by atoms with Gasteiger partial charge < -0.3 is 5.32 Å². The van der Waals surface area contributed by atoms with Crippen LogP contribution in [0.25, 0.3) is 17.2 Å². The smallest absolute Gasteiger partial charge is 0.348 e. The number of aromatic nitrogens is 6. The maximum atomic E-state index is 13.5. The van der Waals surface area contributed by atoms with E-state index in [9.17, 15) is 18.0 Å². The number of hydrogen-bond donors (Lipinski definition) is 1. The van der Waals surface area contributed by atoms with E-state index in [0.717, 1.165) is 23.1 Å². The van der Waals surface area contributed by atoms with Gasteiger partial charge in [0.1, 0.15) is 0 Å². The third-order valence-electron chi connectivity index (χ3n) is 6.83. The Balaban J connectivity index is 1.39. The number of rotatable bonds is 5. The lowest BCUT2D eigenvalue weighted by Crippen LogP contribution is -2.40. The van der Waals surface area contributed by atoms with Crippen molar-refractivity contribution in [2.45, 2.75) is 44.8 Å². The second kappa shape index (κ2) is 7.96. The molecule has 3 aromatic heterocycles. The molecular formula is C22H24F3N7O. The average molecular weight is 459 g/mol. The molecule has 2 bridgehead atoms. The molecule has 0 radical (unpaired) electrons. The Morgan fingerprint density at radius 1 is 1.24 bits per heavy atom. The predicted molar refractivity (Wildman–Crippen MR) is 112 cm³/mol. The van der Waals surface area contributed by atoms with E-state index in [2.05, 4.69) is 25.5 Å². The minimum Gasteiger partial charge on any atom is -0.348 e. The molecule has 0 aliphatic heterocycles. The summed E-state index contributed by atoms with van der Waals surface area (Å²) in [5.41, 5.74) is -0.519. The molecule has 3 aromatic rings. The van der Waals surface area contributed by atoms with Gasteiger partial charge in [-0.2, -0.15) is 23.4 Å². The number of carbonyl (C=O) groups excluding carboxylic acids is 1. The third-order valence-corrected chi connectivity index (χ3v) is 6.83. The highest BCUT2D eigenvalue weighted by atomic mass is 19.4. The van der Waals surface area contributed by atoms with Crippen molar-refractivity contribution in [3.8, 4) is 17.2 Å². The molecule has 2 saturated carbocycles. The number of nitrogens with zero attached hydrogens (tertiary/aromatic N) is 6. The number of alkyl halides is 3. The Morgan fingerprint density at radius 3 is 2.70 bits per heavy atom. The fourth-order valence-electron chi connectivity index (χ4n) is 5.23. The van der Waals surface area contributed by atoms with Crippen LogP contribution in [-0.4, -0.2) is 41.5 Å². The van der Waals surface area contributed by atoms with Crippen LogP contribution in [0.15, 0.2) is 30.7 Å². The minimum atomic E-state index is -4.67. The average Bonchev–Trinajstić information content (AvgIpc) is 3.56. The van der Waals surface area contributed by atoms with Crippen molar-refractivity contribution < 1.29 is 18.0 Å². The van der Waals surface area contributed by atoms with E-state index in [0.29, 0.717) is 17.4 Å². The maximum Gasteiger partial charge on any atom is 0.433 e. The summed E-state index contributed by atoms with van der Waals surface area (Å²) in [4.78, 5) is 20.6. The van der Waals surface area contributed by atoms with Crippen molar-refractivity contribution in [1.82, 2.24) is 34.8 Å². The molecule has 0 spiro atoms. The van der Waals surface area contributed by atoms with Gasteiger partial charge in [0, 0.05) is 31.0 Å². The number of nitrogens with one attached hydrogen (secondary N) is 1. The van der Waals surface area contributed by atoms with E-state index in [1.165, 1.54) is 42.4 Å². The third kappa shape index (κ3) is 4.23. The Hall–Kier alpha value is -3.24. The molecule has 174 valence electrons. The topological polar surface area (TPSA) is 90.5 Å². The van der Waals surface area contributed by atoms with E-state index in [-0.39, 0.29) is 29.3 Å². The first-order valence-electron chi connectivity index (χ1n) is 11.0. The lowest BCUT2D eigenvalue weighted by Gasteiger charge is -2.28. The van der Waals surface area contributed by atoms with Gasteiger partial charge in [0.2, 0.25) is 0 Å². The summed E-state index contributed by atoms with van der Waals surface area (Å²) in [5, 5.41) is 11.2. The van der Waals surface area contributed by atoms with Crippen molar-refractivity contribution in [3.63, 3.8) is 0 Å². The minimum absolute atomic E-state index is 0.0138. The first-order chi connectivity index (χ1) is 15.7. The van der Waals surface area contributed by atoms with E-state index in [4.69, 9.17) is 0 Å². The molecule has 3 heterocycles. The number of fused-ring (bicyclic) bond motifs is 2. The summed E-state index contributed by atoms with van der Waals surface area (Å²) in [7, 11) is 1.66. The van der Waals surface area contributed by atoms with Crippen molar-refractivity contribution in [2.24, 2.45) is 24.8 Å². The van der Waals surface area contributed by atoms with Crippen LogP contribution in [0, 0.1) is 17.8 Å². The molecule has 1 amide bonds. The highest BCUT2D eigenvalue weighted by Crippen LogP contribution is 2.49. The summed E-state index contributed by atoms with van der Waals surface area (Å²) in [5.74, 6) is 1.26. The quantitative estimate of drug-likeness (QED) is 0.629. The molecule has 8 nitrogen and oxygen atoms in total.